The minimum atomic E-state index is -1.37. The van der Waals surface area contributed by atoms with Gasteiger partial charge in [-0.05, 0) is 18.9 Å². The number of aromatic carboxylic acids is 1. The van der Waals surface area contributed by atoms with E-state index in [-0.39, 0.29) is 18.3 Å². The van der Waals surface area contributed by atoms with Gasteiger partial charge in [0.1, 0.15) is 5.56 Å². The van der Waals surface area contributed by atoms with Crippen molar-refractivity contribution in [2.45, 2.75) is 12.8 Å². The highest BCUT2D eigenvalue weighted by Crippen LogP contribution is 2.15. The maximum atomic E-state index is 13.7. The molecule has 2 heterocycles. The average molecular weight is 267 g/mol. The largest absolute Gasteiger partial charge is 0.478 e. The van der Waals surface area contributed by atoms with E-state index in [0.717, 1.165) is 18.9 Å². The Morgan fingerprint density at radius 3 is 2.74 bits per heavy atom. The molecule has 102 valence electrons. The maximum absolute atomic E-state index is 13.7. The number of pyridine rings is 1. The van der Waals surface area contributed by atoms with Crippen LogP contribution in [-0.2, 0) is 4.79 Å². The van der Waals surface area contributed by atoms with E-state index in [9.17, 15) is 14.0 Å². The average Bonchev–Trinajstić information content (AvgIpc) is 2.90. The number of amides is 1. The fourth-order valence-corrected chi connectivity index (χ4v) is 1.97. The number of carbonyl (C=O) groups excluding carboxylic acids is 1. The number of halogens is 1. The summed E-state index contributed by atoms with van der Waals surface area (Å²) in [4.78, 5) is 27.9. The maximum Gasteiger partial charge on any atom is 0.338 e. The topological polar surface area (TPSA) is 82.5 Å². The third-order valence-electron chi connectivity index (χ3n) is 2.99. The van der Waals surface area contributed by atoms with Gasteiger partial charge in [-0.2, -0.15) is 0 Å². The molecule has 1 aliphatic heterocycles. The van der Waals surface area contributed by atoms with Crippen molar-refractivity contribution >= 4 is 17.7 Å². The number of hydrogen-bond donors (Lipinski definition) is 2. The molecule has 2 rings (SSSR count). The summed E-state index contributed by atoms with van der Waals surface area (Å²) in [5, 5.41) is 11.3. The van der Waals surface area contributed by atoms with Crippen LogP contribution in [0.5, 0.6) is 0 Å². The van der Waals surface area contributed by atoms with Gasteiger partial charge in [0, 0.05) is 19.3 Å². The molecule has 1 fully saturated rings. The van der Waals surface area contributed by atoms with E-state index in [4.69, 9.17) is 5.11 Å². The molecule has 0 unspecified atom stereocenters. The van der Waals surface area contributed by atoms with Crippen LogP contribution in [-0.4, -0.2) is 46.5 Å². The predicted octanol–water partition coefficient (Wildman–Crippen LogP) is 0.953. The second-order valence-corrected chi connectivity index (χ2v) is 4.27. The molecule has 1 aromatic heterocycles. The third-order valence-corrected chi connectivity index (χ3v) is 2.99. The highest BCUT2D eigenvalue weighted by atomic mass is 19.1. The first-order chi connectivity index (χ1) is 9.09. The van der Waals surface area contributed by atoms with E-state index >= 15 is 0 Å². The van der Waals surface area contributed by atoms with Crippen LogP contribution in [0.1, 0.15) is 23.2 Å². The summed E-state index contributed by atoms with van der Waals surface area (Å²) in [6.45, 7) is 1.34. The number of nitrogens with one attached hydrogen (secondary N) is 1. The molecular weight excluding hydrogens is 253 g/mol. The molecule has 1 aliphatic rings. The monoisotopic (exact) mass is 267 g/mol. The molecule has 6 nitrogen and oxygen atoms in total. The molecule has 0 bridgehead atoms. The van der Waals surface area contributed by atoms with Crippen molar-refractivity contribution in [2.24, 2.45) is 0 Å². The number of carbonyl (C=O) groups is 2. The lowest BCUT2D eigenvalue weighted by Crippen LogP contribution is -2.33. The van der Waals surface area contributed by atoms with E-state index in [1.165, 1.54) is 6.20 Å². The molecule has 2 N–H and O–H groups in total. The smallest absolute Gasteiger partial charge is 0.338 e. The second-order valence-electron chi connectivity index (χ2n) is 4.27. The van der Waals surface area contributed by atoms with Gasteiger partial charge in [0.15, 0.2) is 11.6 Å². The van der Waals surface area contributed by atoms with Crippen LogP contribution < -0.4 is 5.32 Å². The minimum Gasteiger partial charge on any atom is -0.478 e. The van der Waals surface area contributed by atoms with E-state index < -0.39 is 17.3 Å². The van der Waals surface area contributed by atoms with Crippen molar-refractivity contribution in [3.63, 3.8) is 0 Å². The van der Waals surface area contributed by atoms with Crippen LogP contribution in [0.2, 0.25) is 0 Å². The van der Waals surface area contributed by atoms with Crippen LogP contribution in [0.4, 0.5) is 10.2 Å². The van der Waals surface area contributed by atoms with Gasteiger partial charge < -0.3 is 15.3 Å². The number of carboxylic acids is 1. The summed E-state index contributed by atoms with van der Waals surface area (Å²) in [7, 11) is 0. The van der Waals surface area contributed by atoms with Gasteiger partial charge in [-0.15, -0.1) is 0 Å². The molecule has 0 radical (unpaired) electrons. The van der Waals surface area contributed by atoms with Crippen LogP contribution in [0, 0.1) is 5.82 Å². The molecular formula is C12H14FN3O3. The van der Waals surface area contributed by atoms with Gasteiger partial charge in [-0.1, -0.05) is 0 Å². The first kappa shape index (κ1) is 13.3. The molecule has 1 saturated heterocycles. The van der Waals surface area contributed by atoms with E-state index in [2.05, 4.69) is 10.3 Å². The lowest BCUT2D eigenvalue weighted by Gasteiger charge is -2.15. The highest BCUT2D eigenvalue weighted by molar-refractivity contribution is 5.89. The summed E-state index contributed by atoms with van der Waals surface area (Å²) in [6.07, 6.45) is 3.15. The Labute approximate surface area is 109 Å². The number of likely N-dealkylation sites (tertiary alicyclic amines) is 1. The lowest BCUT2D eigenvalue weighted by atomic mass is 10.2. The van der Waals surface area contributed by atoms with Gasteiger partial charge in [-0.25, -0.2) is 14.2 Å². The molecule has 0 spiro atoms. The van der Waals surface area contributed by atoms with Crippen molar-refractivity contribution < 1.29 is 19.1 Å². The predicted molar refractivity (Wildman–Crippen MR) is 65.5 cm³/mol. The molecule has 19 heavy (non-hydrogen) atoms. The second kappa shape index (κ2) is 5.64. The first-order valence-corrected chi connectivity index (χ1v) is 5.99. The lowest BCUT2D eigenvalue weighted by molar-refractivity contribution is -0.128. The van der Waals surface area contributed by atoms with Crippen molar-refractivity contribution in [1.82, 2.24) is 9.88 Å². The Morgan fingerprint density at radius 2 is 2.11 bits per heavy atom. The third kappa shape index (κ3) is 2.98. The van der Waals surface area contributed by atoms with Crippen LogP contribution >= 0.6 is 0 Å². The standard InChI is InChI=1S/C12H14FN3O3/c13-10-8(12(18)19)3-4-14-11(10)15-7-9(17)16-5-1-2-6-16/h3-4H,1-2,5-7H2,(H,14,15)(H,18,19). The zero-order valence-electron chi connectivity index (χ0n) is 10.2. The Hall–Kier alpha value is -2.18. The zero-order chi connectivity index (χ0) is 13.8. The molecule has 1 amide bonds. The summed E-state index contributed by atoms with van der Waals surface area (Å²) in [5.41, 5.74) is -0.467. The number of hydrogen-bond acceptors (Lipinski definition) is 4. The Bertz CT molecular complexity index is 501. The van der Waals surface area contributed by atoms with E-state index in [0.29, 0.717) is 13.1 Å². The van der Waals surface area contributed by atoms with Gasteiger partial charge in [0.25, 0.3) is 0 Å². The summed E-state index contributed by atoms with van der Waals surface area (Å²) >= 11 is 0. The van der Waals surface area contributed by atoms with Gasteiger partial charge in [0.2, 0.25) is 5.91 Å². The molecule has 1 aromatic rings. The SMILES string of the molecule is O=C(O)c1ccnc(NCC(=O)N2CCCC2)c1F. The number of nitrogens with zero attached hydrogens (tertiary/aromatic N) is 2. The highest BCUT2D eigenvalue weighted by Gasteiger charge is 2.19. The fourth-order valence-electron chi connectivity index (χ4n) is 1.97. The van der Waals surface area contributed by atoms with Gasteiger partial charge in [-0.3, -0.25) is 4.79 Å². The van der Waals surface area contributed by atoms with E-state index in [1.54, 1.807) is 4.90 Å². The quantitative estimate of drug-likeness (QED) is 0.848. The molecule has 0 aromatic carbocycles. The Morgan fingerprint density at radius 1 is 1.42 bits per heavy atom. The first-order valence-electron chi connectivity index (χ1n) is 5.99. The molecule has 0 saturated carbocycles. The van der Waals surface area contributed by atoms with Crippen molar-refractivity contribution in [1.29, 1.82) is 0 Å². The number of aromatic nitrogens is 1. The van der Waals surface area contributed by atoms with Crippen LogP contribution in [0.15, 0.2) is 12.3 Å². The fraction of sp³-hybridized carbons (Fsp3) is 0.417. The molecule has 0 atom stereocenters. The van der Waals surface area contributed by atoms with Crippen molar-refractivity contribution in [3.05, 3.63) is 23.6 Å². The van der Waals surface area contributed by atoms with Gasteiger partial charge >= 0.3 is 5.97 Å². The summed E-state index contributed by atoms with van der Waals surface area (Å²) in [5.74, 6) is -2.68. The minimum absolute atomic E-state index is 0.0903. The molecule has 0 aliphatic carbocycles. The summed E-state index contributed by atoms with van der Waals surface area (Å²) in [6, 6.07) is 1.07. The number of anilines is 1. The van der Waals surface area contributed by atoms with Crippen LogP contribution in [0.3, 0.4) is 0 Å². The van der Waals surface area contributed by atoms with Crippen molar-refractivity contribution in [2.75, 3.05) is 25.0 Å². The van der Waals surface area contributed by atoms with Gasteiger partial charge in [0.05, 0.1) is 6.54 Å². The number of carboxylic acid groups (broad SMARTS) is 1. The van der Waals surface area contributed by atoms with Crippen molar-refractivity contribution in [3.8, 4) is 0 Å². The zero-order valence-corrected chi connectivity index (χ0v) is 10.2. The van der Waals surface area contributed by atoms with Crippen LogP contribution in [0.25, 0.3) is 0 Å². The normalized spacial score (nSPS) is 14.5. The van der Waals surface area contributed by atoms with E-state index in [1.807, 2.05) is 0 Å². The molecule has 7 heteroatoms. The number of rotatable bonds is 4. The Kier molecular flexibility index (Phi) is 3.94. The Balaban J connectivity index is 2.01. The summed E-state index contributed by atoms with van der Waals surface area (Å²) < 4.78 is 13.7.